The highest BCUT2D eigenvalue weighted by Crippen LogP contribution is 2.22. The molecule has 1 aromatic rings. The lowest BCUT2D eigenvalue weighted by molar-refractivity contribution is -0.121. The van der Waals surface area contributed by atoms with E-state index in [9.17, 15) is 13.2 Å². The van der Waals surface area contributed by atoms with Crippen molar-refractivity contribution in [3.05, 3.63) is 29.8 Å². The molecule has 124 valence electrons. The van der Waals surface area contributed by atoms with Crippen LogP contribution in [-0.4, -0.2) is 33.2 Å². The summed E-state index contributed by atoms with van der Waals surface area (Å²) >= 11 is 0. The Bertz CT molecular complexity index is 599. The number of benzene rings is 1. The van der Waals surface area contributed by atoms with E-state index in [0.29, 0.717) is 25.1 Å². The summed E-state index contributed by atoms with van der Waals surface area (Å²) in [5.41, 5.74) is 1.57. The maximum atomic E-state index is 12.0. The molecule has 0 spiro atoms. The number of amides is 1. The minimum absolute atomic E-state index is 0.0346. The Hall–Kier alpha value is -1.56. The van der Waals surface area contributed by atoms with Crippen molar-refractivity contribution in [3.63, 3.8) is 0 Å². The Morgan fingerprint density at radius 2 is 1.95 bits per heavy atom. The predicted molar refractivity (Wildman–Crippen MR) is 90.5 cm³/mol. The molecule has 1 amide bonds. The van der Waals surface area contributed by atoms with E-state index in [1.165, 1.54) is 10.6 Å². The van der Waals surface area contributed by atoms with E-state index in [1.807, 2.05) is 39.0 Å². The van der Waals surface area contributed by atoms with E-state index in [4.69, 9.17) is 0 Å². The Balaban J connectivity index is 2.70. The molecule has 22 heavy (non-hydrogen) atoms. The van der Waals surface area contributed by atoms with Crippen LogP contribution in [0.3, 0.4) is 0 Å². The Morgan fingerprint density at radius 3 is 2.50 bits per heavy atom. The standard InChI is InChI=1S/C16H26N2O3S/c1-5-14(3)17-16(19)11-8-12-18(22(4,20)21)15-10-7-6-9-13(15)2/h6-7,9-10,14H,5,8,11-12H2,1-4H3,(H,17,19)/t14-/m0/s1. The number of carbonyl (C=O) groups is 1. The summed E-state index contributed by atoms with van der Waals surface area (Å²) in [4.78, 5) is 11.8. The summed E-state index contributed by atoms with van der Waals surface area (Å²) in [6, 6.07) is 7.50. The third kappa shape index (κ3) is 5.67. The van der Waals surface area contributed by atoms with Crippen molar-refractivity contribution < 1.29 is 13.2 Å². The van der Waals surface area contributed by atoms with E-state index >= 15 is 0 Å². The Morgan fingerprint density at radius 1 is 1.32 bits per heavy atom. The molecular weight excluding hydrogens is 300 g/mol. The number of anilines is 1. The molecule has 0 heterocycles. The largest absolute Gasteiger partial charge is 0.354 e. The number of hydrogen-bond donors (Lipinski definition) is 1. The number of nitrogens with zero attached hydrogens (tertiary/aromatic N) is 1. The number of hydrogen-bond acceptors (Lipinski definition) is 3. The van der Waals surface area contributed by atoms with E-state index in [-0.39, 0.29) is 11.9 Å². The van der Waals surface area contributed by atoms with Crippen LogP contribution in [0.4, 0.5) is 5.69 Å². The monoisotopic (exact) mass is 326 g/mol. The first kappa shape index (κ1) is 18.5. The fourth-order valence-corrected chi connectivity index (χ4v) is 3.16. The van der Waals surface area contributed by atoms with Crippen LogP contribution in [0.5, 0.6) is 0 Å². The maximum absolute atomic E-state index is 12.0. The van der Waals surface area contributed by atoms with Crippen LogP contribution in [-0.2, 0) is 14.8 Å². The van der Waals surface area contributed by atoms with Crippen molar-refractivity contribution in [1.82, 2.24) is 5.32 Å². The van der Waals surface area contributed by atoms with Crippen molar-refractivity contribution in [2.75, 3.05) is 17.1 Å². The van der Waals surface area contributed by atoms with Crippen LogP contribution in [0.2, 0.25) is 0 Å². The average molecular weight is 326 g/mol. The summed E-state index contributed by atoms with van der Waals surface area (Å²) in [5, 5.41) is 2.89. The fraction of sp³-hybridized carbons (Fsp3) is 0.562. The van der Waals surface area contributed by atoms with Crippen LogP contribution in [0, 0.1) is 6.92 Å². The second-order valence-electron chi connectivity index (χ2n) is 5.60. The molecule has 0 saturated carbocycles. The van der Waals surface area contributed by atoms with Gasteiger partial charge in [-0.3, -0.25) is 9.10 Å². The second kappa shape index (κ2) is 8.17. The lowest BCUT2D eigenvalue weighted by Gasteiger charge is -2.24. The van der Waals surface area contributed by atoms with Gasteiger partial charge in [0.1, 0.15) is 0 Å². The molecule has 1 atom stereocenters. The Kier molecular flexibility index (Phi) is 6.87. The van der Waals surface area contributed by atoms with Crippen molar-refractivity contribution in [3.8, 4) is 0 Å². The van der Waals surface area contributed by atoms with Crippen LogP contribution >= 0.6 is 0 Å². The molecule has 0 fully saturated rings. The van der Waals surface area contributed by atoms with Gasteiger partial charge in [-0.15, -0.1) is 0 Å². The van der Waals surface area contributed by atoms with Crippen LogP contribution < -0.4 is 9.62 Å². The van der Waals surface area contributed by atoms with E-state index < -0.39 is 10.0 Å². The molecule has 0 aliphatic rings. The number of sulfonamides is 1. The van der Waals surface area contributed by atoms with Crippen LogP contribution in [0.25, 0.3) is 0 Å². The van der Waals surface area contributed by atoms with Crippen molar-refractivity contribution in [2.45, 2.75) is 46.1 Å². The van der Waals surface area contributed by atoms with Crippen molar-refractivity contribution >= 4 is 21.6 Å². The van der Waals surface area contributed by atoms with Gasteiger partial charge in [0.25, 0.3) is 0 Å². The second-order valence-corrected chi connectivity index (χ2v) is 7.51. The highest BCUT2D eigenvalue weighted by Gasteiger charge is 2.19. The van der Waals surface area contributed by atoms with Gasteiger partial charge in [0.2, 0.25) is 15.9 Å². The van der Waals surface area contributed by atoms with Gasteiger partial charge in [0.15, 0.2) is 0 Å². The first-order valence-electron chi connectivity index (χ1n) is 7.58. The highest BCUT2D eigenvalue weighted by atomic mass is 32.2. The highest BCUT2D eigenvalue weighted by molar-refractivity contribution is 7.92. The molecular formula is C16H26N2O3S. The molecule has 1 N–H and O–H groups in total. The number of nitrogens with one attached hydrogen (secondary N) is 1. The molecule has 0 bridgehead atoms. The maximum Gasteiger partial charge on any atom is 0.232 e. The molecule has 0 saturated heterocycles. The van der Waals surface area contributed by atoms with E-state index in [0.717, 1.165) is 12.0 Å². The van der Waals surface area contributed by atoms with Gasteiger partial charge in [-0.1, -0.05) is 25.1 Å². The van der Waals surface area contributed by atoms with E-state index in [1.54, 1.807) is 6.07 Å². The summed E-state index contributed by atoms with van der Waals surface area (Å²) in [6.45, 7) is 6.14. The molecule has 0 unspecified atom stereocenters. The number of carbonyl (C=O) groups excluding carboxylic acids is 1. The zero-order chi connectivity index (χ0) is 16.8. The molecule has 6 heteroatoms. The van der Waals surface area contributed by atoms with Gasteiger partial charge in [-0.25, -0.2) is 8.42 Å². The van der Waals surface area contributed by atoms with Gasteiger partial charge in [0.05, 0.1) is 11.9 Å². The molecule has 0 aliphatic heterocycles. The number of aryl methyl sites for hydroxylation is 1. The van der Waals surface area contributed by atoms with Crippen molar-refractivity contribution in [2.24, 2.45) is 0 Å². The smallest absolute Gasteiger partial charge is 0.232 e. The fourth-order valence-electron chi connectivity index (χ4n) is 2.14. The summed E-state index contributed by atoms with van der Waals surface area (Å²) < 4.78 is 25.4. The zero-order valence-corrected chi connectivity index (χ0v) is 14.6. The number of para-hydroxylation sites is 1. The van der Waals surface area contributed by atoms with Gasteiger partial charge in [-0.2, -0.15) is 0 Å². The van der Waals surface area contributed by atoms with Gasteiger partial charge in [0, 0.05) is 19.0 Å². The predicted octanol–water partition coefficient (Wildman–Crippen LogP) is 2.46. The first-order chi connectivity index (χ1) is 10.3. The number of rotatable bonds is 8. The van der Waals surface area contributed by atoms with Gasteiger partial charge < -0.3 is 5.32 Å². The zero-order valence-electron chi connectivity index (χ0n) is 13.8. The molecule has 1 rings (SSSR count). The summed E-state index contributed by atoms with van der Waals surface area (Å²) in [7, 11) is -3.36. The lowest BCUT2D eigenvalue weighted by Crippen LogP contribution is -2.34. The summed E-state index contributed by atoms with van der Waals surface area (Å²) in [5.74, 6) is -0.0346. The van der Waals surface area contributed by atoms with Crippen LogP contribution in [0.15, 0.2) is 24.3 Å². The third-order valence-electron chi connectivity index (χ3n) is 3.57. The molecule has 0 radical (unpaired) electrons. The summed E-state index contributed by atoms with van der Waals surface area (Å²) in [6.07, 6.45) is 2.88. The molecule has 5 nitrogen and oxygen atoms in total. The average Bonchev–Trinajstić information content (AvgIpc) is 2.43. The molecule has 0 aromatic heterocycles. The first-order valence-corrected chi connectivity index (χ1v) is 9.43. The third-order valence-corrected chi connectivity index (χ3v) is 4.75. The van der Waals surface area contributed by atoms with Crippen molar-refractivity contribution in [1.29, 1.82) is 0 Å². The molecule has 1 aromatic carbocycles. The van der Waals surface area contributed by atoms with Gasteiger partial charge >= 0.3 is 0 Å². The quantitative estimate of drug-likeness (QED) is 0.798. The van der Waals surface area contributed by atoms with E-state index in [2.05, 4.69) is 5.32 Å². The lowest BCUT2D eigenvalue weighted by atomic mass is 10.2. The minimum atomic E-state index is -3.36. The SMILES string of the molecule is CC[C@H](C)NC(=O)CCCN(c1ccccc1C)S(C)(=O)=O. The topological polar surface area (TPSA) is 66.5 Å². The molecule has 0 aliphatic carbocycles. The Labute approximate surface area is 133 Å². The van der Waals surface area contributed by atoms with Gasteiger partial charge in [-0.05, 0) is 38.3 Å². The van der Waals surface area contributed by atoms with Crippen LogP contribution in [0.1, 0.15) is 38.7 Å². The normalized spacial score (nSPS) is 12.7. The minimum Gasteiger partial charge on any atom is -0.354 e.